The number of benzene rings is 2. The fourth-order valence-electron chi connectivity index (χ4n) is 3.43. The zero-order chi connectivity index (χ0) is 18.6. The van der Waals surface area contributed by atoms with E-state index in [0.29, 0.717) is 0 Å². The van der Waals surface area contributed by atoms with Crippen molar-refractivity contribution in [2.45, 2.75) is 24.0 Å². The molecule has 3 rings (SSSR count). The van der Waals surface area contributed by atoms with Crippen LogP contribution in [-0.4, -0.2) is 25.5 Å². The molecule has 0 bridgehead atoms. The maximum atomic E-state index is 3.73. The van der Waals surface area contributed by atoms with Crippen molar-refractivity contribution in [2.24, 2.45) is 0 Å². The van der Waals surface area contributed by atoms with Crippen molar-refractivity contribution in [3.05, 3.63) is 83.4 Å². The average Bonchev–Trinajstić information content (AvgIpc) is 3.08. The third kappa shape index (κ3) is 6.24. The standard InChI is InChI=1S/C17H22N.C6H6N.2ClH.Ti/c1-13(2)15-9-5-6-10-17(15)16-11-7-8-14(16)12-18(3)4;7-6-4-2-1-3-5-6;;;/h5-10H,11-12H2,1-4H3;1-5,7H;2*1H;/q;-1;;;+1. The minimum atomic E-state index is -0.403. The van der Waals surface area contributed by atoms with Crippen LogP contribution in [0, 0.1) is 0 Å². The van der Waals surface area contributed by atoms with Crippen molar-refractivity contribution in [3.63, 3.8) is 0 Å². The molecule has 1 aliphatic carbocycles. The van der Waals surface area contributed by atoms with E-state index in [0.717, 1.165) is 13.0 Å². The molecule has 0 saturated carbocycles. The number of halogens is 2. The first-order valence-corrected chi connectivity index (χ1v) is 10.7. The number of rotatable bonds is 7. The van der Waals surface area contributed by atoms with Gasteiger partial charge in [0.2, 0.25) is 0 Å². The summed E-state index contributed by atoms with van der Waals surface area (Å²) < 4.78 is 3.89. The molecule has 0 aromatic heterocycles. The molecule has 0 unspecified atom stereocenters. The minimum Gasteiger partial charge on any atom is -0.147 e. The molecule has 0 amide bonds. The van der Waals surface area contributed by atoms with Crippen LogP contribution in [0.5, 0.6) is 0 Å². The van der Waals surface area contributed by atoms with Gasteiger partial charge in [0.05, 0.1) is 0 Å². The van der Waals surface area contributed by atoms with Crippen molar-refractivity contribution in [1.29, 1.82) is 0 Å². The molecule has 150 valence electrons. The van der Waals surface area contributed by atoms with Gasteiger partial charge in [-0.25, -0.2) is 0 Å². The molecule has 1 N–H and O–H groups in total. The summed E-state index contributed by atoms with van der Waals surface area (Å²) in [6, 6.07) is 19.6. The van der Waals surface area contributed by atoms with Crippen molar-refractivity contribution in [1.82, 2.24) is 4.90 Å². The van der Waals surface area contributed by atoms with Gasteiger partial charge in [-0.2, -0.15) is 0 Å². The van der Waals surface area contributed by atoms with Gasteiger partial charge >= 0.3 is 167 Å². The molecule has 2 aromatic rings. The molecular formula is C23H30Cl2N2Ti. The zero-order valence-electron chi connectivity index (χ0n) is 17.0. The molecule has 0 saturated heterocycles. The first kappa shape index (κ1) is 25.0. The van der Waals surface area contributed by atoms with Crippen LogP contribution in [0.25, 0.3) is 5.57 Å². The van der Waals surface area contributed by atoms with Gasteiger partial charge in [-0.3, -0.25) is 0 Å². The van der Waals surface area contributed by atoms with Crippen LogP contribution < -0.4 is 3.80 Å². The van der Waals surface area contributed by atoms with Gasteiger partial charge in [0, 0.05) is 0 Å². The van der Waals surface area contributed by atoms with Crippen molar-refractivity contribution in [3.8, 4) is 0 Å². The minimum absolute atomic E-state index is 0. The number of likely N-dealkylation sites (N-methyl/N-ethyl adjacent to an activating group) is 1. The number of allylic oxidation sites excluding steroid dienone is 2. The topological polar surface area (TPSA) is 15.3 Å². The first-order chi connectivity index (χ1) is 12.5. The van der Waals surface area contributed by atoms with Crippen LogP contribution in [0.2, 0.25) is 0 Å². The van der Waals surface area contributed by atoms with Gasteiger partial charge in [0.1, 0.15) is 0 Å². The van der Waals surface area contributed by atoms with E-state index in [1.165, 1.54) is 28.0 Å². The van der Waals surface area contributed by atoms with Crippen LogP contribution in [-0.2, 0) is 23.1 Å². The third-order valence-electron chi connectivity index (χ3n) is 4.73. The largest absolute Gasteiger partial charge is 0.147 e. The number of nitrogens with one attached hydrogen (secondary N) is 1. The normalized spacial score (nSPS) is 13.2. The van der Waals surface area contributed by atoms with Crippen LogP contribution in [0.4, 0.5) is 5.69 Å². The Morgan fingerprint density at radius 2 is 1.61 bits per heavy atom. The van der Waals surface area contributed by atoms with E-state index in [-0.39, 0.29) is 28.5 Å². The maximum Gasteiger partial charge on any atom is -0.147 e. The molecule has 0 atom stereocenters. The van der Waals surface area contributed by atoms with Crippen LogP contribution in [0.1, 0.15) is 31.4 Å². The molecule has 5 heteroatoms. The Balaban J connectivity index is 0.00000196. The van der Waals surface area contributed by atoms with Crippen LogP contribution >= 0.6 is 24.8 Å². The van der Waals surface area contributed by atoms with Gasteiger partial charge < -0.3 is 0 Å². The van der Waals surface area contributed by atoms with Gasteiger partial charge in [-0.15, -0.1) is 24.8 Å². The third-order valence-corrected chi connectivity index (χ3v) is 6.78. The molecule has 0 spiro atoms. The molecule has 0 radical (unpaired) electrons. The smallest absolute Gasteiger partial charge is 0.147 e. The number of para-hydroxylation sites is 1. The Labute approximate surface area is 191 Å². The summed E-state index contributed by atoms with van der Waals surface area (Å²) in [6.45, 7) is 5.77. The molecule has 1 aliphatic rings. The number of hydrogen-bond acceptors (Lipinski definition) is 2. The molecule has 2 nitrogen and oxygen atoms in total. The summed E-state index contributed by atoms with van der Waals surface area (Å²) in [5, 5.41) is 0. The van der Waals surface area contributed by atoms with E-state index in [4.69, 9.17) is 0 Å². The van der Waals surface area contributed by atoms with Gasteiger partial charge in [0.15, 0.2) is 0 Å². The first-order valence-electron chi connectivity index (χ1n) is 9.19. The van der Waals surface area contributed by atoms with E-state index < -0.39 is 19.4 Å². The van der Waals surface area contributed by atoms with Crippen molar-refractivity contribution >= 4 is 36.1 Å². The molecule has 0 fully saturated rings. The zero-order valence-corrected chi connectivity index (χ0v) is 20.2. The summed E-state index contributed by atoms with van der Waals surface area (Å²) in [4.78, 5) is 2.25. The van der Waals surface area contributed by atoms with Crippen molar-refractivity contribution in [2.75, 3.05) is 24.4 Å². The van der Waals surface area contributed by atoms with E-state index in [2.05, 4.69) is 103 Å². The van der Waals surface area contributed by atoms with Gasteiger partial charge in [-0.05, 0) is 0 Å². The predicted octanol–water partition coefficient (Wildman–Crippen LogP) is 6.15. The fraction of sp³-hybridized carbons (Fsp3) is 0.304. The summed E-state index contributed by atoms with van der Waals surface area (Å²) in [5.74, 6) is 0. The van der Waals surface area contributed by atoms with Crippen LogP contribution in [0.3, 0.4) is 0 Å². The van der Waals surface area contributed by atoms with Crippen molar-refractivity contribution < 1.29 is 19.4 Å². The SMILES string of the molecule is CN(C)CC1=C(c2ccccc2[C](C)(C)[Ti][NH]c2ccccc2)CC=C1.Cl.Cl. The summed E-state index contributed by atoms with van der Waals surface area (Å²) in [5.41, 5.74) is 7.08. The summed E-state index contributed by atoms with van der Waals surface area (Å²) in [6.07, 6.45) is 5.65. The molecule has 0 heterocycles. The predicted molar refractivity (Wildman–Crippen MR) is 123 cm³/mol. The Kier molecular flexibility index (Phi) is 10.0. The maximum absolute atomic E-state index is 3.73. The molecule has 0 aliphatic heterocycles. The summed E-state index contributed by atoms with van der Waals surface area (Å²) >= 11 is -0.403. The average molecular weight is 453 g/mol. The van der Waals surface area contributed by atoms with E-state index in [1.807, 2.05) is 0 Å². The Bertz CT molecular complexity index is 814. The van der Waals surface area contributed by atoms with E-state index >= 15 is 0 Å². The second-order valence-corrected chi connectivity index (χ2v) is 10.4. The van der Waals surface area contributed by atoms with E-state index in [9.17, 15) is 0 Å². The van der Waals surface area contributed by atoms with E-state index in [1.54, 1.807) is 0 Å². The van der Waals surface area contributed by atoms with Crippen LogP contribution in [0.15, 0.2) is 72.3 Å². The monoisotopic (exact) mass is 452 g/mol. The fourth-order valence-corrected chi connectivity index (χ4v) is 4.96. The Morgan fingerprint density at radius 3 is 2.29 bits per heavy atom. The second-order valence-electron chi connectivity index (χ2n) is 7.63. The number of anilines is 1. The molecule has 2 aromatic carbocycles. The quantitative estimate of drug-likeness (QED) is 0.506. The van der Waals surface area contributed by atoms with Gasteiger partial charge in [-0.1, -0.05) is 0 Å². The molecular weight excluding hydrogens is 423 g/mol. The number of nitrogens with zero attached hydrogens (tertiary/aromatic N) is 1. The van der Waals surface area contributed by atoms with Gasteiger partial charge in [0.25, 0.3) is 0 Å². The Morgan fingerprint density at radius 1 is 0.964 bits per heavy atom. The second kappa shape index (κ2) is 11.2. The number of hydrogen-bond donors (Lipinski definition) is 1. The molecule has 28 heavy (non-hydrogen) atoms. The summed E-state index contributed by atoms with van der Waals surface area (Å²) in [7, 11) is 4.28. The Hall–Kier alpha value is -1.03.